The first-order valence-electron chi connectivity index (χ1n) is 7.56. The molecule has 0 saturated heterocycles. The highest BCUT2D eigenvalue weighted by atomic mass is 35.5. The lowest BCUT2D eigenvalue weighted by Gasteiger charge is -2.08. The van der Waals surface area contributed by atoms with E-state index in [0.717, 1.165) is 18.5 Å². The average Bonchev–Trinajstić information content (AvgIpc) is 2.98. The van der Waals surface area contributed by atoms with Gasteiger partial charge in [0.25, 0.3) is 0 Å². The van der Waals surface area contributed by atoms with E-state index in [-0.39, 0.29) is 17.5 Å². The molecule has 0 atom stereocenters. The molecule has 0 unspecified atom stereocenters. The van der Waals surface area contributed by atoms with Crippen molar-refractivity contribution in [2.75, 3.05) is 11.1 Å². The van der Waals surface area contributed by atoms with Crippen LogP contribution in [0.15, 0.2) is 36.4 Å². The molecule has 0 fully saturated rings. The lowest BCUT2D eigenvalue weighted by molar-refractivity contribution is -0.113. The highest BCUT2D eigenvalue weighted by Crippen LogP contribution is 2.26. The minimum atomic E-state index is -0.330. The number of fused-ring (bicyclic) bond motifs is 1. The van der Waals surface area contributed by atoms with Gasteiger partial charge in [-0.15, -0.1) is 11.8 Å². The molecule has 0 saturated carbocycles. The number of benzene rings is 2. The Morgan fingerprint density at radius 2 is 2.04 bits per heavy atom. The number of hydrogen-bond acceptors (Lipinski definition) is 2. The van der Waals surface area contributed by atoms with Crippen molar-refractivity contribution in [3.05, 3.63) is 63.9 Å². The Balaban J connectivity index is 1.52. The second-order valence-electron chi connectivity index (χ2n) is 5.58. The minimum absolute atomic E-state index is 0.0830. The summed E-state index contributed by atoms with van der Waals surface area (Å²) in [6.07, 6.45) is 3.40. The number of nitrogens with one attached hydrogen (secondary N) is 1. The van der Waals surface area contributed by atoms with E-state index in [1.54, 1.807) is 12.1 Å². The van der Waals surface area contributed by atoms with E-state index in [2.05, 4.69) is 17.4 Å². The summed E-state index contributed by atoms with van der Waals surface area (Å²) in [5.41, 5.74) is 3.99. The Bertz CT molecular complexity index is 715. The molecule has 0 spiro atoms. The van der Waals surface area contributed by atoms with Gasteiger partial charge in [0.05, 0.1) is 5.75 Å². The van der Waals surface area contributed by atoms with E-state index < -0.39 is 0 Å². The van der Waals surface area contributed by atoms with Crippen LogP contribution in [0, 0.1) is 5.82 Å². The molecule has 1 aliphatic rings. The molecule has 5 heteroatoms. The van der Waals surface area contributed by atoms with Crippen molar-refractivity contribution in [2.45, 2.75) is 25.0 Å². The third-order valence-electron chi connectivity index (χ3n) is 3.92. The Morgan fingerprint density at radius 1 is 1.22 bits per heavy atom. The highest BCUT2D eigenvalue weighted by Gasteiger charge is 2.12. The minimum Gasteiger partial charge on any atom is -0.325 e. The Kier molecular flexibility index (Phi) is 5.23. The molecule has 0 aliphatic heterocycles. The third kappa shape index (κ3) is 4.06. The van der Waals surface area contributed by atoms with Crippen molar-refractivity contribution in [3.63, 3.8) is 0 Å². The molecule has 0 aromatic heterocycles. The second-order valence-corrected chi connectivity index (χ2v) is 6.97. The van der Waals surface area contributed by atoms with Gasteiger partial charge in [0.15, 0.2) is 0 Å². The number of carbonyl (C=O) groups is 1. The Labute approximate surface area is 144 Å². The van der Waals surface area contributed by atoms with E-state index in [1.807, 2.05) is 6.07 Å². The summed E-state index contributed by atoms with van der Waals surface area (Å²) in [7, 11) is 0. The summed E-state index contributed by atoms with van der Waals surface area (Å²) in [5, 5.41) is 3.30. The second kappa shape index (κ2) is 7.37. The third-order valence-corrected chi connectivity index (χ3v) is 5.24. The average molecular weight is 350 g/mol. The number of anilines is 1. The van der Waals surface area contributed by atoms with Crippen LogP contribution in [0.2, 0.25) is 5.02 Å². The van der Waals surface area contributed by atoms with Gasteiger partial charge in [-0.3, -0.25) is 4.79 Å². The van der Waals surface area contributed by atoms with Crippen molar-refractivity contribution in [1.82, 2.24) is 0 Å². The van der Waals surface area contributed by atoms with Crippen LogP contribution < -0.4 is 5.32 Å². The molecule has 1 aliphatic carbocycles. The van der Waals surface area contributed by atoms with Gasteiger partial charge in [-0.2, -0.15) is 0 Å². The SMILES string of the molecule is O=C(CSCc1c(F)cccc1Cl)Nc1ccc2c(c1)CCC2. The van der Waals surface area contributed by atoms with E-state index in [9.17, 15) is 9.18 Å². The van der Waals surface area contributed by atoms with Gasteiger partial charge >= 0.3 is 0 Å². The Hall–Kier alpha value is -1.52. The number of halogens is 2. The van der Waals surface area contributed by atoms with Crippen LogP contribution in [0.5, 0.6) is 0 Å². The highest BCUT2D eigenvalue weighted by molar-refractivity contribution is 7.99. The summed E-state index contributed by atoms with van der Waals surface area (Å²) in [5.74, 6) is 0.231. The van der Waals surface area contributed by atoms with Crippen LogP contribution in [-0.2, 0) is 23.4 Å². The largest absolute Gasteiger partial charge is 0.325 e. The van der Waals surface area contributed by atoms with Crippen LogP contribution in [-0.4, -0.2) is 11.7 Å². The van der Waals surface area contributed by atoms with Crippen LogP contribution in [0.1, 0.15) is 23.1 Å². The monoisotopic (exact) mass is 349 g/mol. The summed E-state index contributed by atoms with van der Waals surface area (Å²) >= 11 is 7.33. The maximum absolute atomic E-state index is 13.7. The quantitative estimate of drug-likeness (QED) is 0.836. The van der Waals surface area contributed by atoms with Crippen LogP contribution in [0.25, 0.3) is 0 Å². The number of carbonyl (C=O) groups excluding carboxylic acids is 1. The van der Waals surface area contributed by atoms with Crippen LogP contribution >= 0.6 is 23.4 Å². The van der Waals surface area contributed by atoms with Crippen LogP contribution in [0.3, 0.4) is 0 Å². The fourth-order valence-corrected chi connectivity index (χ4v) is 3.93. The van der Waals surface area contributed by atoms with Gasteiger partial charge in [-0.05, 0) is 54.7 Å². The zero-order valence-electron chi connectivity index (χ0n) is 12.6. The van der Waals surface area contributed by atoms with Gasteiger partial charge < -0.3 is 5.32 Å². The van der Waals surface area contributed by atoms with Crippen molar-refractivity contribution in [2.24, 2.45) is 0 Å². The molecule has 0 bridgehead atoms. The smallest absolute Gasteiger partial charge is 0.234 e. The molecule has 2 nitrogen and oxygen atoms in total. The molecule has 0 heterocycles. The molecular weight excluding hydrogens is 333 g/mol. The molecule has 2 aromatic rings. The fraction of sp³-hybridized carbons (Fsp3) is 0.278. The molecule has 1 amide bonds. The van der Waals surface area contributed by atoms with Crippen LogP contribution in [0.4, 0.5) is 10.1 Å². The fourth-order valence-electron chi connectivity index (χ4n) is 2.76. The molecule has 3 rings (SSSR count). The maximum atomic E-state index is 13.7. The normalized spacial score (nSPS) is 13.0. The first-order chi connectivity index (χ1) is 11.1. The molecular formula is C18H17ClFNOS. The molecule has 1 N–H and O–H groups in total. The first-order valence-corrected chi connectivity index (χ1v) is 9.09. The van der Waals surface area contributed by atoms with E-state index in [4.69, 9.17) is 11.6 Å². The lowest BCUT2D eigenvalue weighted by Crippen LogP contribution is -2.14. The Morgan fingerprint density at radius 3 is 2.87 bits per heavy atom. The van der Waals surface area contributed by atoms with Gasteiger partial charge in [0.2, 0.25) is 5.91 Å². The van der Waals surface area contributed by atoms with Gasteiger partial charge in [0.1, 0.15) is 5.82 Å². The molecule has 2 aromatic carbocycles. The molecule has 0 radical (unpaired) electrons. The number of hydrogen-bond donors (Lipinski definition) is 1. The summed E-state index contributed by atoms with van der Waals surface area (Å²) in [4.78, 5) is 12.0. The molecule has 23 heavy (non-hydrogen) atoms. The zero-order valence-corrected chi connectivity index (χ0v) is 14.1. The van der Waals surface area contributed by atoms with E-state index >= 15 is 0 Å². The van der Waals surface area contributed by atoms with E-state index in [1.165, 1.54) is 35.4 Å². The van der Waals surface area contributed by atoms with Gasteiger partial charge in [-0.25, -0.2) is 4.39 Å². The van der Waals surface area contributed by atoms with Gasteiger partial charge in [-0.1, -0.05) is 23.7 Å². The topological polar surface area (TPSA) is 29.1 Å². The number of thioether (sulfide) groups is 1. The predicted molar refractivity (Wildman–Crippen MR) is 94.7 cm³/mol. The zero-order chi connectivity index (χ0) is 16.2. The lowest BCUT2D eigenvalue weighted by atomic mass is 10.1. The predicted octanol–water partition coefficient (Wildman–Crippen LogP) is 4.84. The van der Waals surface area contributed by atoms with Gasteiger partial charge in [0, 0.05) is 22.0 Å². The first kappa shape index (κ1) is 16.3. The van der Waals surface area contributed by atoms with Crippen molar-refractivity contribution in [3.8, 4) is 0 Å². The maximum Gasteiger partial charge on any atom is 0.234 e. The number of aryl methyl sites for hydroxylation is 2. The van der Waals surface area contributed by atoms with Crippen molar-refractivity contribution < 1.29 is 9.18 Å². The van der Waals surface area contributed by atoms with Crippen molar-refractivity contribution in [1.29, 1.82) is 0 Å². The summed E-state index contributed by atoms with van der Waals surface area (Å²) in [6, 6.07) is 10.7. The standard InChI is InChI=1S/C18H17ClFNOS/c19-16-5-2-6-17(20)15(16)10-23-11-18(22)21-14-8-7-12-3-1-4-13(12)9-14/h2,5-9H,1,3-4,10-11H2,(H,21,22). The summed E-state index contributed by atoms with van der Waals surface area (Å²) < 4.78 is 13.7. The molecule has 120 valence electrons. The van der Waals surface area contributed by atoms with E-state index in [0.29, 0.717) is 16.3 Å². The number of amides is 1. The summed E-state index contributed by atoms with van der Waals surface area (Å²) in [6.45, 7) is 0. The van der Waals surface area contributed by atoms with Crippen molar-refractivity contribution >= 4 is 35.0 Å². The number of rotatable bonds is 5.